The summed E-state index contributed by atoms with van der Waals surface area (Å²) < 4.78 is 11.9. The summed E-state index contributed by atoms with van der Waals surface area (Å²) in [5, 5.41) is 0. The van der Waals surface area contributed by atoms with E-state index in [0.29, 0.717) is 17.9 Å². The van der Waals surface area contributed by atoms with Crippen molar-refractivity contribution >= 4 is 28.4 Å². The van der Waals surface area contributed by atoms with Crippen LogP contribution in [-0.4, -0.2) is 38.5 Å². The summed E-state index contributed by atoms with van der Waals surface area (Å²) in [5.74, 6) is 1.43. The Morgan fingerprint density at radius 3 is 2.57 bits per heavy atom. The zero-order chi connectivity index (χ0) is 15.1. The molecule has 0 radical (unpaired) electrons. The molecule has 2 rings (SSSR count). The average molecular weight is 396 g/mol. The number of hydrogen-bond acceptors (Lipinski definition) is 3. The molecule has 2 aromatic rings. The second-order valence-electron chi connectivity index (χ2n) is 4.16. The van der Waals surface area contributed by atoms with Gasteiger partial charge in [-0.05, 0) is 0 Å². The Hall–Kier alpha value is -1.76. The van der Waals surface area contributed by atoms with Crippen LogP contribution < -0.4 is 13.1 Å². The van der Waals surface area contributed by atoms with Crippen molar-refractivity contribution in [3.63, 3.8) is 0 Å². The van der Waals surface area contributed by atoms with Crippen LogP contribution in [0.5, 0.6) is 11.5 Å². The SMILES string of the molecule is C=CCOc1ccccc1C(=O)[Te]c1ccc(OC)cc1. The molecule has 0 fully saturated rings. The molecule has 3 nitrogen and oxygen atoms in total. The van der Waals surface area contributed by atoms with E-state index >= 15 is 0 Å². The van der Waals surface area contributed by atoms with Gasteiger partial charge in [0, 0.05) is 0 Å². The predicted octanol–water partition coefficient (Wildman–Crippen LogP) is 2.43. The molecule has 0 amide bonds. The number of ether oxygens (including phenoxy) is 2. The van der Waals surface area contributed by atoms with E-state index in [1.54, 1.807) is 13.2 Å². The average Bonchev–Trinajstić information content (AvgIpc) is 2.54. The molecular formula is C17H16O3Te. The Morgan fingerprint density at radius 2 is 1.90 bits per heavy atom. The van der Waals surface area contributed by atoms with Gasteiger partial charge in [-0.2, -0.15) is 0 Å². The molecule has 21 heavy (non-hydrogen) atoms. The molecule has 0 aliphatic rings. The normalized spacial score (nSPS) is 9.95. The summed E-state index contributed by atoms with van der Waals surface area (Å²) >= 11 is -0.965. The van der Waals surface area contributed by atoms with Crippen molar-refractivity contribution in [2.75, 3.05) is 13.7 Å². The molecular weight excluding hydrogens is 380 g/mol. The van der Waals surface area contributed by atoms with Gasteiger partial charge in [0.2, 0.25) is 0 Å². The Labute approximate surface area is 134 Å². The van der Waals surface area contributed by atoms with E-state index in [1.807, 2.05) is 48.5 Å². The molecule has 0 aliphatic heterocycles. The van der Waals surface area contributed by atoms with Crippen LogP contribution in [0.15, 0.2) is 61.2 Å². The zero-order valence-corrected chi connectivity index (χ0v) is 14.1. The Kier molecular flexibility index (Phi) is 5.86. The van der Waals surface area contributed by atoms with Crippen LogP contribution in [0.25, 0.3) is 0 Å². The van der Waals surface area contributed by atoms with E-state index in [1.165, 1.54) is 0 Å². The van der Waals surface area contributed by atoms with Crippen LogP contribution in [0.3, 0.4) is 0 Å². The number of para-hydroxylation sites is 1. The van der Waals surface area contributed by atoms with Crippen molar-refractivity contribution in [2.24, 2.45) is 0 Å². The van der Waals surface area contributed by atoms with E-state index in [0.717, 1.165) is 9.36 Å². The molecule has 0 saturated carbocycles. The van der Waals surface area contributed by atoms with E-state index < -0.39 is 20.9 Å². The van der Waals surface area contributed by atoms with Gasteiger partial charge in [-0.3, -0.25) is 0 Å². The van der Waals surface area contributed by atoms with Crippen molar-refractivity contribution in [1.29, 1.82) is 0 Å². The minimum absolute atomic E-state index is 0.158. The fraction of sp³-hybridized carbons (Fsp3) is 0.118. The number of carbonyl (C=O) groups excluding carboxylic acids is 1. The quantitative estimate of drug-likeness (QED) is 0.533. The molecule has 0 N–H and O–H groups in total. The summed E-state index contributed by atoms with van der Waals surface area (Å²) in [6.45, 7) is 4.02. The molecule has 0 unspecified atom stereocenters. The van der Waals surface area contributed by atoms with Crippen molar-refractivity contribution in [2.45, 2.75) is 0 Å². The fourth-order valence-corrected chi connectivity index (χ4v) is 3.90. The van der Waals surface area contributed by atoms with Crippen LogP contribution in [-0.2, 0) is 0 Å². The van der Waals surface area contributed by atoms with Crippen LogP contribution in [0, 0.1) is 0 Å². The molecule has 0 aliphatic carbocycles. The fourth-order valence-electron chi connectivity index (χ4n) is 1.72. The molecule has 108 valence electrons. The van der Waals surface area contributed by atoms with E-state index in [4.69, 9.17) is 9.47 Å². The molecule has 0 heterocycles. The first-order valence-electron chi connectivity index (χ1n) is 6.43. The van der Waals surface area contributed by atoms with Crippen LogP contribution in [0.2, 0.25) is 0 Å². The molecule has 0 spiro atoms. The van der Waals surface area contributed by atoms with Gasteiger partial charge in [-0.15, -0.1) is 0 Å². The predicted molar refractivity (Wildman–Crippen MR) is 84.8 cm³/mol. The zero-order valence-electron chi connectivity index (χ0n) is 11.7. The number of rotatable bonds is 7. The third-order valence-electron chi connectivity index (χ3n) is 2.73. The van der Waals surface area contributed by atoms with Gasteiger partial charge in [0.15, 0.2) is 0 Å². The Balaban J connectivity index is 2.13. The molecule has 0 aromatic heterocycles. The minimum atomic E-state index is -0.965. The van der Waals surface area contributed by atoms with E-state index in [2.05, 4.69) is 6.58 Å². The molecule has 0 saturated heterocycles. The van der Waals surface area contributed by atoms with Crippen LogP contribution in [0.1, 0.15) is 10.4 Å². The topological polar surface area (TPSA) is 35.5 Å². The van der Waals surface area contributed by atoms with E-state index in [-0.39, 0.29) is 3.83 Å². The summed E-state index contributed by atoms with van der Waals surface area (Å²) in [4.78, 5) is 12.5. The first kappa shape index (κ1) is 15.6. The van der Waals surface area contributed by atoms with Crippen molar-refractivity contribution in [3.8, 4) is 11.5 Å². The third-order valence-corrected chi connectivity index (χ3v) is 5.34. The maximum atomic E-state index is 12.5. The van der Waals surface area contributed by atoms with Gasteiger partial charge in [-0.1, -0.05) is 0 Å². The maximum absolute atomic E-state index is 12.5. The van der Waals surface area contributed by atoms with Crippen molar-refractivity contribution in [1.82, 2.24) is 0 Å². The standard InChI is InChI=1S/C17H16O3Te/c1-3-12-20-16-7-5-4-6-15(16)17(18)21-14-10-8-13(19-2)9-11-14/h3-11H,1,12H2,2H3. The number of methoxy groups -OCH3 is 1. The second-order valence-corrected chi connectivity index (χ2v) is 7.15. The summed E-state index contributed by atoms with van der Waals surface area (Å²) in [6, 6.07) is 15.0. The number of benzene rings is 2. The van der Waals surface area contributed by atoms with Gasteiger partial charge >= 0.3 is 135 Å². The molecule has 0 bridgehead atoms. The number of hydrogen-bond donors (Lipinski definition) is 0. The first-order valence-corrected chi connectivity index (χ1v) is 8.76. The van der Waals surface area contributed by atoms with Gasteiger partial charge in [-0.25, -0.2) is 0 Å². The van der Waals surface area contributed by atoms with Gasteiger partial charge in [0.25, 0.3) is 0 Å². The van der Waals surface area contributed by atoms with E-state index in [9.17, 15) is 4.79 Å². The summed E-state index contributed by atoms with van der Waals surface area (Å²) in [6.07, 6.45) is 1.67. The molecule has 4 heteroatoms. The van der Waals surface area contributed by atoms with Crippen LogP contribution in [0.4, 0.5) is 0 Å². The van der Waals surface area contributed by atoms with Crippen molar-refractivity contribution < 1.29 is 14.3 Å². The van der Waals surface area contributed by atoms with Gasteiger partial charge in [0.05, 0.1) is 0 Å². The first-order chi connectivity index (χ1) is 10.2. The van der Waals surface area contributed by atoms with Gasteiger partial charge < -0.3 is 0 Å². The molecule has 2 aromatic carbocycles. The van der Waals surface area contributed by atoms with Crippen LogP contribution >= 0.6 is 0 Å². The Bertz CT molecular complexity index is 620. The Morgan fingerprint density at radius 1 is 1.19 bits per heavy atom. The third kappa shape index (κ3) is 4.35. The second kappa shape index (κ2) is 7.87. The monoisotopic (exact) mass is 398 g/mol. The number of carbonyl (C=O) groups is 1. The summed E-state index contributed by atoms with van der Waals surface area (Å²) in [7, 11) is 1.63. The van der Waals surface area contributed by atoms with Gasteiger partial charge in [0.1, 0.15) is 0 Å². The van der Waals surface area contributed by atoms with Crippen molar-refractivity contribution in [3.05, 3.63) is 66.7 Å². The summed E-state index contributed by atoms with van der Waals surface area (Å²) in [5.41, 5.74) is 0.651. The molecule has 0 atom stereocenters.